The Morgan fingerprint density at radius 1 is 1.19 bits per heavy atom. The van der Waals surface area contributed by atoms with E-state index in [0.717, 1.165) is 5.69 Å². The second kappa shape index (κ2) is 6.92. The van der Waals surface area contributed by atoms with Crippen molar-refractivity contribution in [3.63, 3.8) is 0 Å². The number of furan rings is 1. The van der Waals surface area contributed by atoms with Gasteiger partial charge in [0.1, 0.15) is 5.76 Å². The molecule has 112 valence electrons. The Labute approximate surface area is 122 Å². The molecule has 1 atom stereocenters. The molecule has 0 saturated heterocycles. The highest BCUT2D eigenvalue weighted by Crippen LogP contribution is 2.15. The van der Waals surface area contributed by atoms with Crippen LogP contribution >= 0.6 is 0 Å². The maximum absolute atomic E-state index is 11.9. The molecule has 1 heterocycles. The first-order valence-corrected chi connectivity index (χ1v) is 6.59. The van der Waals surface area contributed by atoms with Crippen LogP contribution in [0.15, 0.2) is 40.8 Å². The molecule has 0 saturated carbocycles. The molecule has 0 radical (unpaired) electrons. The van der Waals surface area contributed by atoms with E-state index in [-0.39, 0.29) is 24.8 Å². The molecule has 2 rings (SSSR count). The molecule has 1 unspecified atom stereocenters. The Bertz CT molecular complexity index is 592. The third-order valence-electron chi connectivity index (χ3n) is 2.86. The Kier molecular flexibility index (Phi) is 4.97. The fourth-order valence-corrected chi connectivity index (χ4v) is 1.72. The lowest BCUT2D eigenvalue weighted by molar-refractivity contribution is 0.0995. The highest BCUT2D eigenvalue weighted by atomic mass is 16.3. The molecular weight excluding hydrogens is 272 g/mol. The first-order valence-electron chi connectivity index (χ1n) is 6.59. The average Bonchev–Trinajstić information content (AvgIpc) is 2.93. The summed E-state index contributed by atoms with van der Waals surface area (Å²) in [5.41, 5.74) is 1.43. The fraction of sp³-hybridized carbons (Fsp3) is 0.267. The highest BCUT2D eigenvalue weighted by molar-refractivity contribution is 6.02. The molecule has 1 amide bonds. The number of nitrogens with one attached hydrogen (secondary N) is 2. The number of aliphatic hydroxyl groups excluding tert-OH is 2. The van der Waals surface area contributed by atoms with Gasteiger partial charge in [0.25, 0.3) is 5.91 Å². The molecule has 0 aliphatic heterocycles. The van der Waals surface area contributed by atoms with Gasteiger partial charge in [0, 0.05) is 17.9 Å². The molecule has 6 nitrogen and oxygen atoms in total. The van der Waals surface area contributed by atoms with Crippen molar-refractivity contribution in [1.29, 1.82) is 0 Å². The molecule has 0 aliphatic rings. The fourth-order valence-electron chi connectivity index (χ4n) is 1.72. The first-order chi connectivity index (χ1) is 10.1. The third-order valence-corrected chi connectivity index (χ3v) is 2.86. The largest absolute Gasteiger partial charge is 0.456 e. The Balaban J connectivity index is 1.91. The minimum Gasteiger partial charge on any atom is -0.456 e. The van der Waals surface area contributed by atoms with E-state index in [1.165, 1.54) is 0 Å². The second-order valence-corrected chi connectivity index (χ2v) is 4.66. The van der Waals surface area contributed by atoms with Crippen LogP contribution in [0.2, 0.25) is 0 Å². The van der Waals surface area contributed by atoms with Crippen molar-refractivity contribution in [2.45, 2.75) is 13.0 Å². The maximum atomic E-state index is 11.9. The van der Waals surface area contributed by atoms with Crippen LogP contribution in [-0.4, -0.2) is 35.4 Å². The number of aryl methyl sites for hydroxylation is 1. The van der Waals surface area contributed by atoms with E-state index in [4.69, 9.17) is 9.52 Å². The number of rotatable bonds is 6. The predicted octanol–water partition coefficient (Wildman–Crippen LogP) is 1.61. The predicted molar refractivity (Wildman–Crippen MR) is 79.4 cm³/mol. The number of hydrogen-bond acceptors (Lipinski definition) is 5. The SMILES string of the molecule is Cc1ccc(C(=O)Nc2ccc(NCC(O)CO)cc2)o1. The molecule has 21 heavy (non-hydrogen) atoms. The van der Waals surface area contributed by atoms with Crippen molar-refractivity contribution >= 4 is 17.3 Å². The summed E-state index contributed by atoms with van der Waals surface area (Å²) in [7, 11) is 0. The third kappa shape index (κ3) is 4.34. The van der Waals surface area contributed by atoms with E-state index in [9.17, 15) is 9.90 Å². The molecule has 1 aromatic heterocycles. The summed E-state index contributed by atoms with van der Waals surface area (Å²) in [4.78, 5) is 11.9. The van der Waals surface area contributed by atoms with E-state index in [1.54, 1.807) is 43.3 Å². The Hall–Kier alpha value is -2.31. The minimum atomic E-state index is -0.799. The number of amides is 1. The van der Waals surface area contributed by atoms with Gasteiger partial charge >= 0.3 is 0 Å². The molecule has 1 aromatic carbocycles. The van der Waals surface area contributed by atoms with Gasteiger partial charge in [-0.05, 0) is 43.3 Å². The number of benzene rings is 1. The number of carbonyl (C=O) groups is 1. The van der Waals surface area contributed by atoms with E-state index >= 15 is 0 Å². The summed E-state index contributed by atoms with van der Waals surface area (Å²) in [6.45, 7) is 1.75. The van der Waals surface area contributed by atoms with Gasteiger partial charge in [0.05, 0.1) is 12.7 Å². The van der Waals surface area contributed by atoms with Crippen LogP contribution in [0.1, 0.15) is 16.3 Å². The van der Waals surface area contributed by atoms with Crippen LogP contribution in [0.4, 0.5) is 11.4 Å². The van der Waals surface area contributed by atoms with Crippen molar-refractivity contribution in [3.05, 3.63) is 47.9 Å². The van der Waals surface area contributed by atoms with E-state index in [1.807, 2.05) is 0 Å². The number of anilines is 2. The summed E-state index contributed by atoms with van der Waals surface area (Å²) < 4.78 is 5.24. The Morgan fingerprint density at radius 3 is 2.43 bits per heavy atom. The van der Waals surface area contributed by atoms with Gasteiger partial charge in [-0.2, -0.15) is 0 Å². The summed E-state index contributed by atoms with van der Waals surface area (Å²) in [6.07, 6.45) is -0.799. The van der Waals surface area contributed by atoms with Crippen LogP contribution in [0.25, 0.3) is 0 Å². The number of carbonyl (C=O) groups excluding carboxylic acids is 1. The molecular formula is C15H18N2O4. The molecule has 0 fully saturated rings. The van der Waals surface area contributed by atoms with Crippen LogP contribution in [0.5, 0.6) is 0 Å². The van der Waals surface area contributed by atoms with Gasteiger partial charge in [0.15, 0.2) is 5.76 Å². The Morgan fingerprint density at radius 2 is 1.86 bits per heavy atom. The van der Waals surface area contributed by atoms with Crippen LogP contribution in [0.3, 0.4) is 0 Å². The average molecular weight is 290 g/mol. The molecule has 0 bridgehead atoms. The van der Waals surface area contributed by atoms with E-state index in [2.05, 4.69) is 10.6 Å². The van der Waals surface area contributed by atoms with Gasteiger partial charge in [-0.25, -0.2) is 0 Å². The normalized spacial score (nSPS) is 12.0. The lowest BCUT2D eigenvalue weighted by Crippen LogP contribution is -2.22. The van der Waals surface area contributed by atoms with Crippen molar-refractivity contribution in [2.75, 3.05) is 23.8 Å². The zero-order valence-electron chi connectivity index (χ0n) is 11.7. The maximum Gasteiger partial charge on any atom is 0.291 e. The number of hydrogen-bond donors (Lipinski definition) is 4. The summed E-state index contributed by atoms with van der Waals surface area (Å²) in [5, 5.41) is 23.7. The van der Waals surface area contributed by atoms with Crippen molar-refractivity contribution in [2.24, 2.45) is 0 Å². The van der Waals surface area contributed by atoms with Gasteiger partial charge in [-0.15, -0.1) is 0 Å². The van der Waals surface area contributed by atoms with Crippen molar-refractivity contribution in [3.8, 4) is 0 Å². The van der Waals surface area contributed by atoms with Gasteiger partial charge in [-0.1, -0.05) is 0 Å². The summed E-state index contributed by atoms with van der Waals surface area (Å²) >= 11 is 0. The van der Waals surface area contributed by atoms with Crippen LogP contribution < -0.4 is 10.6 Å². The zero-order valence-corrected chi connectivity index (χ0v) is 11.7. The molecule has 2 aromatic rings. The standard InChI is InChI=1S/C15H18N2O4/c1-10-2-7-14(21-10)15(20)17-12-5-3-11(4-6-12)16-8-13(19)9-18/h2-7,13,16,18-19H,8-9H2,1H3,(H,17,20). The summed E-state index contributed by atoms with van der Waals surface area (Å²) in [5.74, 6) is 0.641. The van der Waals surface area contributed by atoms with Crippen molar-refractivity contribution in [1.82, 2.24) is 0 Å². The minimum absolute atomic E-state index is 0.258. The highest BCUT2D eigenvalue weighted by Gasteiger charge is 2.10. The molecule has 6 heteroatoms. The van der Waals surface area contributed by atoms with Crippen LogP contribution in [0, 0.1) is 6.92 Å². The van der Waals surface area contributed by atoms with Crippen molar-refractivity contribution < 1.29 is 19.4 Å². The van der Waals surface area contributed by atoms with Gasteiger partial charge < -0.3 is 25.3 Å². The molecule has 4 N–H and O–H groups in total. The molecule has 0 aliphatic carbocycles. The quantitative estimate of drug-likeness (QED) is 0.648. The van der Waals surface area contributed by atoms with Crippen LogP contribution in [-0.2, 0) is 0 Å². The lowest BCUT2D eigenvalue weighted by Gasteiger charge is -2.10. The second-order valence-electron chi connectivity index (χ2n) is 4.66. The van der Waals surface area contributed by atoms with E-state index in [0.29, 0.717) is 11.4 Å². The molecule has 0 spiro atoms. The first kappa shape index (κ1) is 15.1. The summed E-state index contributed by atoms with van der Waals surface area (Å²) in [6, 6.07) is 10.4. The topological polar surface area (TPSA) is 94.7 Å². The smallest absolute Gasteiger partial charge is 0.291 e. The van der Waals surface area contributed by atoms with E-state index < -0.39 is 6.10 Å². The zero-order chi connectivity index (χ0) is 15.2. The monoisotopic (exact) mass is 290 g/mol. The van der Waals surface area contributed by atoms with Gasteiger partial charge in [0.2, 0.25) is 0 Å². The van der Waals surface area contributed by atoms with Gasteiger partial charge in [-0.3, -0.25) is 4.79 Å². The lowest BCUT2D eigenvalue weighted by atomic mass is 10.2. The number of aliphatic hydroxyl groups is 2.